The van der Waals surface area contributed by atoms with Crippen molar-refractivity contribution in [2.75, 3.05) is 24.0 Å². The van der Waals surface area contributed by atoms with Crippen LogP contribution in [0.15, 0.2) is 24.3 Å². The Bertz CT molecular complexity index is 557. The number of carbonyl (C=O) groups is 1. The Hall–Kier alpha value is -1.80. The summed E-state index contributed by atoms with van der Waals surface area (Å²) in [6, 6.07) is 6.30. The third kappa shape index (κ3) is 2.71. The maximum absolute atomic E-state index is 11.6. The first kappa shape index (κ1) is 12.7. The molecule has 0 aliphatic carbocycles. The maximum atomic E-state index is 11.6. The Morgan fingerprint density at radius 2 is 2.28 bits per heavy atom. The Morgan fingerprint density at radius 1 is 1.50 bits per heavy atom. The lowest BCUT2D eigenvalue weighted by atomic mass is 10.3. The number of hydrogen-bond donors (Lipinski definition) is 2. The van der Waals surface area contributed by atoms with Crippen molar-refractivity contribution in [3.05, 3.63) is 24.3 Å². The first-order valence-electron chi connectivity index (χ1n) is 5.21. The zero-order chi connectivity index (χ0) is 13.2. The van der Waals surface area contributed by atoms with Crippen molar-refractivity contribution in [2.45, 2.75) is 0 Å². The van der Waals surface area contributed by atoms with E-state index in [9.17, 15) is 13.2 Å². The molecule has 8 heteroatoms. The lowest BCUT2D eigenvalue weighted by Crippen LogP contribution is -2.29. The van der Waals surface area contributed by atoms with Crippen LogP contribution < -0.4 is 13.8 Å². The Balaban J connectivity index is 2.19. The van der Waals surface area contributed by atoms with E-state index in [1.165, 1.54) is 10.4 Å². The van der Waals surface area contributed by atoms with E-state index in [4.69, 9.17) is 9.84 Å². The number of nitrogens with one attached hydrogen (secondary N) is 1. The van der Waals surface area contributed by atoms with Crippen LogP contribution in [0, 0.1) is 0 Å². The van der Waals surface area contributed by atoms with Crippen molar-refractivity contribution in [2.24, 2.45) is 0 Å². The number of carboxylic acid groups (broad SMARTS) is 1. The number of aliphatic carboxylic acids is 1. The third-order valence-electron chi connectivity index (χ3n) is 2.36. The number of nitrogens with zero attached hydrogens (tertiary/aromatic N) is 1. The van der Waals surface area contributed by atoms with Crippen LogP contribution in [-0.4, -0.2) is 39.2 Å². The minimum Gasteiger partial charge on any atom is -0.482 e. The van der Waals surface area contributed by atoms with Gasteiger partial charge in [-0.25, -0.2) is 4.79 Å². The average Bonchev–Trinajstić information content (AvgIpc) is 2.67. The highest BCUT2D eigenvalue weighted by Crippen LogP contribution is 2.24. The van der Waals surface area contributed by atoms with E-state index in [0.29, 0.717) is 24.5 Å². The molecule has 0 radical (unpaired) electrons. The molecule has 0 amide bonds. The number of ether oxygens (including phenoxy) is 1. The second-order valence-corrected chi connectivity index (χ2v) is 5.33. The van der Waals surface area contributed by atoms with Gasteiger partial charge in [-0.3, -0.25) is 4.31 Å². The SMILES string of the molecule is O=C(O)COc1cccc(N2CCNS2(=O)=O)c1. The zero-order valence-corrected chi connectivity index (χ0v) is 10.2. The molecule has 0 aromatic heterocycles. The third-order valence-corrected chi connectivity index (χ3v) is 3.90. The highest BCUT2D eigenvalue weighted by atomic mass is 32.2. The fourth-order valence-electron chi connectivity index (χ4n) is 1.62. The maximum Gasteiger partial charge on any atom is 0.341 e. The van der Waals surface area contributed by atoms with Crippen molar-refractivity contribution < 1.29 is 23.1 Å². The smallest absolute Gasteiger partial charge is 0.341 e. The molecule has 2 N–H and O–H groups in total. The highest BCUT2D eigenvalue weighted by molar-refractivity contribution is 7.91. The van der Waals surface area contributed by atoms with Crippen molar-refractivity contribution >= 4 is 21.9 Å². The fourth-order valence-corrected chi connectivity index (χ4v) is 2.84. The summed E-state index contributed by atoms with van der Waals surface area (Å²) < 4.78 is 31.8. The molecular formula is C10H12N2O5S. The fraction of sp³-hybridized carbons (Fsp3) is 0.300. The van der Waals surface area contributed by atoms with Crippen molar-refractivity contribution in [3.63, 3.8) is 0 Å². The summed E-state index contributed by atoms with van der Waals surface area (Å²) in [5, 5.41) is 8.50. The van der Waals surface area contributed by atoms with Crippen LogP contribution in [0.2, 0.25) is 0 Å². The van der Waals surface area contributed by atoms with Gasteiger partial charge in [0.25, 0.3) is 0 Å². The average molecular weight is 272 g/mol. The molecule has 1 aliphatic rings. The van der Waals surface area contributed by atoms with Gasteiger partial charge in [0.05, 0.1) is 5.69 Å². The lowest BCUT2D eigenvalue weighted by molar-refractivity contribution is -0.139. The largest absolute Gasteiger partial charge is 0.482 e. The molecule has 98 valence electrons. The quantitative estimate of drug-likeness (QED) is 0.791. The van der Waals surface area contributed by atoms with Gasteiger partial charge < -0.3 is 9.84 Å². The summed E-state index contributed by atoms with van der Waals surface area (Å²) in [5.41, 5.74) is 0.447. The predicted octanol–water partition coefficient (Wildman–Crippen LogP) is -0.196. The van der Waals surface area contributed by atoms with Gasteiger partial charge in [-0.2, -0.15) is 13.1 Å². The van der Waals surface area contributed by atoms with Gasteiger partial charge in [-0.05, 0) is 12.1 Å². The van der Waals surface area contributed by atoms with Crippen molar-refractivity contribution in [1.29, 1.82) is 0 Å². The molecule has 0 spiro atoms. The number of rotatable bonds is 4. The molecule has 1 heterocycles. The molecule has 18 heavy (non-hydrogen) atoms. The number of benzene rings is 1. The summed E-state index contributed by atoms with van der Waals surface area (Å²) in [4.78, 5) is 10.4. The molecule has 1 aromatic rings. The molecule has 0 saturated carbocycles. The first-order valence-corrected chi connectivity index (χ1v) is 6.65. The van der Waals surface area contributed by atoms with Crippen molar-refractivity contribution in [1.82, 2.24) is 4.72 Å². The summed E-state index contributed by atoms with van der Waals surface area (Å²) in [7, 11) is -3.48. The van der Waals surface area contributed by atoms with Crippen LogP contribution in [0.3, 0.4) is 0 Å². The second kappa shape index (κ2) is 4.83. The van der Waals surface area contributed by atoms with Crippen LogP contribution >= 0.6 is 0 Å². The number of hydrogen-bond acceptors (Lipinski definition) is 4. The van der Waals surface area contributed by atoms with Gasteiger partial charge >= 0.3 is 16.2 Å². The van der Waals surface area contributed by atoms with Crippen LogP contribution in [0.1, 0.15) is 0 Å². The Kier molecular flexibility index (Phi) is 3.39. The summed E-state index contributed by atoms with van der Waals surface area (Å²) in [5.74, 6) is -0.770. The molecule has 0 bridgehead atoms. The minimum atomic E-state index is -3.48. The van der Waals surface area contributed by atoms with Gasteiger partial charge in [0.15, 0.2) is 6.61 Å². The van der Waals surface area contributed by atoms with E-state index in [0.717, 1.165) is 0 Å². The summed E-state index contributed by atoms with van der Waals surface area (Å²) in [6.07, 6.45) is 0. The molecule has 2 rings (SSSR count). The molecule has 7 nitrogen and oxygen atoms in total. The second-order valence-electron chi connectivity index (χ2n) is 3.65. The van der Waals surface area contributed by atoms with E-state index >= 15 is 0 Å². The Labute approximate surface area is 104 Å². The number of anilines is 1. The normalized spacial score (nSPS) is 17.7. The van der Waals surface area contributed by atoms with Crippen LogP contribution in [0.4, 0.5) is 5.69 Å². The predicted molar refractivity (Wildman–Crippen MR) is 63.8 cm³/mol. The molecule has 1 aliphatic heterocycles. The van der Waals surface area contributed by atoms with E-state index < -0.39 is 22.8 Å². The molecule has 1 saturated heterocycles. The first-order chi connectivity index (χ1) is 8.49. The topological polar surface area (TPSA) is 95.9 Å². The van der Waals surface area contributed by atoms with E-state index in [-0.39, 0.29) is 0 Å². The highest BCUT2D eigenvalue weighted by Gasteiger charge is 2.27. The monoisotopic (exact) mass is 272 g/mol. The van der Waals surface area contributed by atoms with Gasteiger partial charge in [0.1, 0.15) is 5.75 Å². The molecular weight excluding hydrogens is 260 g/mol. The van der Waals surface area contributed by atoms with Crippen molar-refractivity contribution in [3.8, 4) is 5.75 Å². The molecule has 0 unspecified atom stereocenters. The summed E-state index contributed by atoms with van der Waals surface area (Å²) >= 11 is 0. The van der Waals surface area contributed by atoms with Gasteiger partial charge in [0.2, 0.25) is 0 Å². The Morgan fingerprint density at radius 3 is 2.89 bits per heavy atom. The van der Waals surface area contributed by atoms with Gasteiger partial charge in [-0.15, -0.1) is 0 Å². The van der Waals surface area contributed by atoms with Gasteiger partial charge in [-0.1, -0.05) is 6.07 Å². The molecule has 1 fully saturated rings. The zero-order valence-electron chi connectivity index (χ0n) is 9.37. The van der Waals surface area contributed by atoms with E-state index in [2.05, 4.69) is 4.72 Å². The summed E-state index contributed by atoms with van der Waals surface area (Å²) in [6.45, 7) is 0.224. The van der Waals surface area contributed by atoms with Crippen LogP contribution in [0.5, 0.6) is 5.75 Å². The van der Waals surface area contributed by atoms with Gasteiger partial charge in [0, 0.05) is 19.2 Å². The van der Waals surface area contributed by atoms with E-state index in [1.54, 1.807) is 18.2 Å². The number of carboxylic acids is 1. The van der Waals surface area contributed by atoms with Crippen LogP contribution in [0.25, 0.3) is 0 Å². The minimum absolute atomic E-state index is 0.317. The van der Waals surface area contributed by atoms with E-state index in [1.807, 2.05) is 0 Å². The van der Waals surface area contributed by atoms with Crippen LogP contribution in [-0.2, 0) is 15.0 Å². The molecule has 0 atom stereocenters. The lowest BCUT2D eigenvalue weighted by Gasteiger charge is -2.16. The molecule has 1 aromatic carbocycles. The standard InChI is InChI=1S/C10H12N2O5S/c13-10(14)7-17-9-3-1-2-8(6-9)12-5-4-11-18(12,15)16/h1-3,6,11H,4-5,7H2,(H,13,14).